The monoisotopic (exact) mass is 278 g/mol. The maximum absolute atomic E-state index is 10.3. The van der Waals surface area contributed by atoms with Gasteiger partial charge in [-0.15, -0.1) is 0 Å². The molecule has 0 aliphatic carbocycles. The SMILES string of the molecule is O=[PH](O)OCc1ccc(CCBr)cc1. The Kier molecular flexibility index (Phi) is 5.41. The molecule has 1 rings (SSSR count). The summed E-state index contributed by atoms with van der Waals surface area (Å²) in [4.78, 5) is 8.47. The molecule has 1 atom stereocenters. The molecule has 14 heavy (non-hydrogen) atoms. The predicted molar refractivity (Wildman–Crippen MR) is 59.9 cm³/mol. The summed E-state index contributed by atoms with van der Waals surface area (Å²) < 4.78 is 14.9. The predicted octanol–water partition coefficient (Wildman–Crippen LogP) is 2.52. The third-order valence-electron chi connectivity index (χ3n) is 1.77. The van der Waals surface area contributed by atoms with Crippen LogP contribution >= 0.6 is 24.2 Å². The third-order valence-corrected chi connectivity index (χ3v) is 2.56. The lowest BCUT2D eigenvalue weighted by atomic mass is 10.1. The van der Waals surface area contributed by atoms with Gasteiger partial charge in [0.2, 0.25) is 0 Å². The Balaban J connectivity index is 2.50. The van der Waals surface area contributed by atoms with E-state index >= 15 is 0 Å². The van der Waals surface area contributed by atoms with E-state index in [1.807, 2.05) is 24.3 Å². The highest BCUT2D eigenvalue weighted by molar-refractivity contribution is 9.09. The number of hydrogen-bond acceptors (Lipinski definition) is 2. The molecule has 3 nitrogen and oxygen atoms in total. The van der Waals surface area contributed by atoms with Crippen LogP contribution in [-0.4, -0.2) is 10.2 Å². The number of halogens is 1. The fraction of sp³-hybridized carbons (Fsp3) is 0.333. The standard InChI is InChI=1S/C9H12BrO3P/c10-6-5-8-1-3-9(4-2-8)7-13-14(11)12/h1-4,14H,5-7H2,(H,11,12). The number of hydrogen-bond donors (Lipinski definition) is 1. The highest BCUT2D eigenvalue weighted by atomic mass is 79.9. The number of rotatable bonds is 5. The second-order valence-corrected chi connectivity index (χ2v) is 4.42. The second kappa shape index (κ2) is 6.36. The van der Waals surface area contributed by atoms with Gasteiger partial charge in [0.1, 0.15) is 0 Å². The fourth-order valence-corrected chi connectivity index (χ4v) is 1.80. The molecule has 1 N–H and O–H groups in total. The molecule has 0 aromatic heterocycles. The van der Waals surface area contributed by atoms with Gasteiger partial charge in [0.05, 0.1) is 6.61 Å². The molecule has 0 aliphatic rings. The van der Waals surface area contributed by atoms with E-state index in [0.29, 0.717) is 0 Å². The summed E-state index contributed by atoms with van der Waals surface area (Å²) in [6, 6.07) is 7.80. The smallest absolute Gasteiger partial charge is 0.316 e. The molecule has 1 aromatic rings. The lowest BCUT2D eigenvalue weighted by Crippen LogP contribution is -1.89. The zero-order chi connectivity index (χ0) is 10.4. The van der Waals surface area contributed by atoms with Gasteiger partial charge in [0, 0.05) is 5.33 Å². The lowest BCUT2D eigenvalue weighted by molar-refractivity contribution is 0.272. The molecule has 78 valence electrons. The quantitative estimate of drug-likeness (QED) is 0.665. The Labute approximate surface area is 92.2 Å². The Bertz CT molecular complexity index is 299. The first-order valence-corrected chi connectivity index (χ1v) is 6.60. The van der Waals surface area contributed by atoms with Crippen LogP contribution in [0.25, 0.3) is 0 Å². The fourth-order valence-electron chi connectivity index (χ4n) is 1.06. The molecule has 0 spiro atoms. The maximum atomic E-state index is 10.3. The Morgan fingerprint density at radius 3 is 2.36 bits per heavy atom. The maximum Gasteiger partial charge on any atom is 0.316 e. The van der Waals surface area contributed by atoms with Gasteiger partial charge in [-0.3, -0.25) is 4.57 Å². The summed E-state index contributed by atoms with van der Waals surface area (Å²) in [5, 5.41) is 0.938. The minimum atomic E-state index is -2.81. The van der Waals surface area contributed by atoms with Gasteiger partial charge in [-0.25, -0.2) is 0 Å². The van der Waals surface area contributed by atoms with Crippen LogP contribution in [0.3, 0.4) is 0 Å². The van der Waals surface area contributed by atoms with Crippen molar-refractivity contribution in [3.63, 3.8) is 0 Å². The summed E-state index contributed by atoms with van der Waals surface area (Å²) in [6.45, 7) is 0.197. The molecule has 0 fully saturated rings. The highest BCUT2D eigenvalue weighted by Crippen LogP contribution is 2.18. The zero-order valence-electron chi connectivity index (χ0n) is 7.57. The van der Waals surface area contributed by atoms with E-state index in [1.165, 1.54) is 5.56 Å². The van der Waals surface area contributed by atoms with Crippen molar-refractivity contribution in [1.82, 2.24) is 0 Å². The van der Waals surface area contributed by atoms with Crippen LogP contribution in [0.2, 0.25) is 0 Å². The van der Waals surface area contributed by atoms with E-state index in [4.69, 9.17) is 4.89 Å². The van der Waals surface area contributed by atoms with Crippen molar-refractivity contribution in [3.05, 3.63) is 35.4 Å². The Hall–Kier alpha value is -0.150. The van der Waals surface area contributed by atoms with Crippen LogP contribution in [0.5, 0.6) is 0 Å². The van der Waals surface area contributed by atoms with E-state index in [1.54, 1.807) is 0 Å². The first-order chi connectivity index (χ1) is 6.72. The van der Waals surface area contributed by atoms with Crippen LogP contribution in [0.4, 0.5) is 0 Å². The van der Waals surface area contributed by atoms with Gasteiger partial charge in [0.15, 0.2) is 0 Å². The molecule has 0 heterocycles. The van der Waals surface area contributed by atoms with Gasteiger partial charge in [-0.2, -0.15) is 0 Å². The van der Waals surface area contributed by atoms with Gasteiger partial charge in [-0.1, -0.05) is 40.2 Å². The highest BCUT2D eigenvalue weighted by Gasteiger charge is 1.96. The van der Waals surface area contributed by atoms with E-state index in [-0.39, 0.29) is 6.61 Å². The number of alkyl halides is 1. The van der Waals surface area contributed by atoms with Gasteiger partial charge in [-0.05, 0) is 17.5 Å². The van der Waals surface area contributed by atoms with Crippen molar-refractivity contribution in [2.45, 2.75) is 13.0 Å². The van der Waals surface area contributed by atoms with Crippen LogP contribution in [0.15, 0.2) is 24.3 Å². The summed E-state index contributed by atoms with van der Waals surface area (Å²) in [5.41, 5.74) is 2.15. The van der Waals surface area contributed by atoms with Crippen molar-refractivity contribution >= 4 is 24.2 Å². The molecule has 0 amide bonds. The molecule has 5 heteroatoms. The molecule has 0 saturated heterocycles. The van der Waals surface area contributed by atoms with Crippen molar-refractivity contribution < 1.29 is 14.0 Å². The summed E-state index contributed by atoms with van der Waals surface area (Å²) in [5.74, 6) is 0. The molecule has 1 aromatic carbocycles. The van der Waals surface area contributed by atoms with Crippen molar-refractivity contribution in [2.75, 3.05) is 5.33 Å². The largest absolute Gasteiger partial charge is 0.326 e. The van der Waals surface area contributed by atoms with Crippen LogP contribution in [0, 0.1) is 0 Å². The molecule has 0 saturated carbocycles. The van der Waals surface area contributed by atoms with Crippen molar-refractivity contribution in [1.29, 1.82) is 0 Å². The number of aryl methyl sites for hydroxylation is 1. The molecular formula is C9H12BrO3P. The average molecular weight is 279 g/mol. The van der Waals surface area contributed by atoms with Crippen LogP contribution < -0.4 is 0 Å². The minimum Gasteiger partial charge on any atom is -0.326 e. The van der Waals surface area contributed by atoms with Gasteiger partial charge in [0.25, 0.3) is 0 Å². The van der Waals surface area contributed by atoms with Crippen LogP contribution in [-0.2, 0) is 22.1 Å². The van der Waals surface area contributed by atoms with Crippen molar-refractivity contribution in [3.8, 4) is 0 Å². The summed E-state index contributed by atoms with van der Waals surface area (Å²) in [6.07, 6.45) is 0.984. The van der Waals surface area contributed by atoms with E-state index in [0.717, 1.165) is 17.3 Å². The summed E-state index contributed by atoms with van der Waals surface area (Å²) in [7, 11) is -2.81. The third kappa shape index (κ3) is 4.38. The topological polar surface area (TPSA) is 46.5 Å². The van der Waals surface area contributed by atoms with E-state index < -0.39 is 8.25 Å². The lowest BCUT2D eigenvalue weighted by Gasteiger charge is -2.02. The zero-order valence-corrected chi connectivity index (χ0v) is 10.2. The van der Waals surface area contributed by atoms with Gasteiger partial charge < -0.3 is 9.42 Å². The molecule has 0 radical (unpaired) electrons. The second-order valence-electron chi connectivity index (χ2n) is 2.81. The van der Waals surface area contributed by atoms with Gasteiger partial charge >= 0.3 is 8.25 Å². The molecular weight excluding hydrogens is 267 g/mol. The van der Waals surface area contributed by atoms with Crippen LogP contribution in [0.1, 0.15) is 11.1 Å². The molecule has 0 bridgehead atoms. The Morgan fingerprint density at radius 1 is 1.29 bits per heavy atom. The normalized spacial score (nSPS) is 12.7. The van der Waals surface area contributed by atoms with Crippen molar-refractivity contribution in [2.24, 2.45) is 0 Å². The summed E-state index contributed by atoms with van der Waals surface area (Å²) >= 11 is 3.36. The molecule has 1 unspecified atom stereocenters. The minimum absolute atomic E-state index is 0.197. The number of benzene rings is 1. The first-order valence-electron chi connectivity index (χ1n) is 4.22. The molecule has 0 aliphatic heterocycles. The van der Waals surface area contributed by atoms with E-state index in [9.17, 15) is 4.57 Å². The Morgan fingerprint density at radius 2 is 1.86 bits per heavy atom. The first kappa shape index (κ1) is 11.9. The average Bonchev–Trinajstić information content (AvgIpc) is 2.17. The van der Waals surface area contributed by atoms with E-state index in [2.05, 4.69) is 20.5 Å².